The van der Waals surface area contributed by atoms with Crippen LogP contribution in [0.3, 0.4) is 0 Å². The SMILES string of the molecule is Brc1ccc(-c2ccc(C=Nc3ccc4oc(-c5ccncc5)nc4c3)o2)cc1. The second-order valence-electron chi connectivity index (χ2n) is 6.37. The minimum Gasteiger partial charge on any atom is -0.455 e. The van der Waals surface area contributed by atoms with Crippen LogP contribution < -0.4 is 0 Å². The van der Waals surface area contributed by atoms with E-state index >= 15 is 0 Å². The largest absolute Gasteiger partial charge is 0.455 e. The van der Waals surface area contributed by atoms with Crippen LogP contribution in [0.2, 0.25) is 0 Å². The van der Waals surface area contributed by atoms with Crippen LogP contribution >= 0.6 is 15.9 Å². The Morgan fingerprint density at radius 1 is 0.828 bits per heavy atom. The molecule has 140 valence electrons. The van der Waals surface area contributed by atoms with Gasteiger partial charge in [-0.25, -0.2) is 4.98 Å². The van der Waals surface area contributed by atoms with E-state index < -0.39 is 0 Å². The first-order chi connectivity index (χ1) is 14.2. The first-order valence-electron chi connectivity index (χ1n) is 8.95. The molecule has 5 aromatic rings. The van der Waals surface area contributed by atoms with Gasteiger partial charge in [-0.05, 0) is 54.6 Å². The van der Waals surface area contributed by atoms with E-state index in [9.17, 15) is 0 Å². The maximum Gasteiger partial charge on any atom is 0.227 e. The predicted molar refractivity (Wildman–Crippen MR) is 116 cm³/mol. The van der Waals surface area contributed by atoms with Crippen LogP contribution in [0.15, 0.2) is 97.4 Å². The van der Waals surface area contributed by atoms with Gasteiger partial charge in [-0.1, -0.05) is 28.1 Å². The Morgan fingerprint density at radius 2 is 1.66 bits per heavy atom. The maximum atomic E-state index is 5.88. The zero-order valence-electron chi connectivity index (χ0n) is 15.1. The van der Waals surface area contributed by atoms with Gasteiger partial charge >= 0.3 is 0 Å². The molecule has 0 N–H and O–H groups in total. The van der Waals surface area contributed by atoms with Crippen molar-refractivity contribution in [1.82, 2.24) is 9.97 Å². The minimum absolute atomic E-state index is 0.564. The molecule has 3 heterocycles. The van der Waals surface area contributed by atoms with Gasteiger partial charge in [-0.2, -0.15) is 0 Å². The summed E-state index contributed by atoms with van der Waals surface area (Å²) in [6, 6.07) is 21.2. The lowest BCUT2D eigenvalue weighted by Gasteiger charge is -1.96. The van der Waals surface area contributed by atoms with E-state index in [1.807, 2.05) is 66.7 Å². The lowest BCUT2D eigenvalue weighted by atomic mass is 10.2. The van der Waals surface area contributed by atoms with Gasteiger partial charge in [0.1, 0.15) is 17.0 Å². The summed E-state index contributed by atoms with van der Waals surface area (Å²) in [4.78, 5) is 13.1. The molecule has 0 atom stereocenters. The highest BCUT2D eigenvalue weighted by molar-refractivity contribution is 9.10. The molecule has 0 fully saturated rings. The minimum atomic E-state index is 0.564. The monoisotopic (exact) mass is 443 g/mol. The molecule has 0 unspecified atom stereocenters. The summed E-state index contributed by atoms with van der Waals surface area (Å²) >= 11 is 3.44. The fraction of sp³-hybridized carbons (Fsp3) is 0. The lowest BCUT2D eigenvalue weighted by molar-refractivity contribution is 0.575. The summed E-state index contributed by atoms with van der Waals surface area (Å²) in [5, 5.41) is 0. The molecule has 0 saturated carbocycles. The van der Waals surface area contributed by atoms with E-state index in [-0.39, 0.29) is 0 Å². The first-order valence-corrected chi connectivity index (χ1v) is 9.75. The number of nitrogens with zero attached hydrogens (tertiary/aromatic N) is 3. The third-order valence-electron chi connectivity index (χ3n) is 4.39. The molecule has 0 aliphatic carbocycles. The van der Waals surface area contributed by atoms with Crippen molar-refractivity contribution in [2.24, 2.45) is 4.99 Å². The van der Waals surface area contributed by atoms with E-state index in [4.69, 9.17) is 8.83 Å². The van der Waals surface area contributed by atoms with Crippen molar-refractivity contribution in [1.29, 1.82) is 0 Å². The number of halogens is 1. The van der Waals surface area contributed by atoms with Gasteiger partial charge in [-0.15, -0.1) is 0 Å². The molecule has 5 rings (SSSR count). The van der Waals surface area contributed by atoms with Crippen LogP contribution in [0.25, 0.3) is 33.9 Å². The van der Waals surface area contributed by atoms with Crippen LogP contribution in [0.1, 0.15) is 5.76 Å². The topological polar surface area (TPSA) is 64.4 Å². The third-order valence-corrected chi connectivity index (χ3v) is 4.92. The Balaban J connectivity index is 1.39. The number of rotatable bonds is 4. The van der Waals surface area contributed by atoms with Crippen LogP contribution in [-0.2, 0) is 0 Å². The fourth-order valence-corrected chi connectivity index (χ4v) is 3.21. The maximum absolute atomic E-state index is 5.88. The van der Waals surface area contributed by atoms with Gasteiger partial charge in [0.2, 0.25) is 5.89 Å². The average molecular weight is 444 g/mol. The predicted octanol–water partition coefficient (Wildman–Crippen LogP) is 6.66. The summed E-state index contributed by atoms with van der Waals surface area (Å²) < 4.78 is 12.7. The molecule has 0 radical (unpaired) electrons. The Bertz CT molecular complexity index is 1310. The number of pyridine rings is 1. The molecule has 0 aliphatic heterocycles. The molecule has 0 aliphatic rings. The van der Waals surface area contributed by atoms with E-state index in [2.05, 4.69) is 30.9 Å². The molecule has 0 spiro atoms. The summed E-state index contributed by atoms with van der Waals surface area (Å²) in [7, 11) is 0. The Kier molecular flexibility index (Phi) is 4.54. The molecule has 0 saturated heterocycles. The molecular formula is C23H14BrN3O2. The van der Waals surface area contributed by atoms with Crippen LogP contribution in [0.4, 0.5) is 5.69 Å². The van der Waals surface area contributed by atoms with Gasteiger partial charge < -0.3 is 8.83 Å². The number of oxazole rings is 1. The highest BCUT2D eigenvalue weighted by Gasteiger charge is 2.08. The van der Waals surface area contributed by atoms with Crippen LogP contribution in [0.5, 0.6) is 0 Å². The molecule has 2 aromatic carbocycles. The van der Waals surface area contributed by atoms with Crippen molar-refractivity contribution < 1.29 is 8.83 Å². The molecule has 0 bridgehead atoms. The van der Waals surface area contributed by atoms with Crippen molar-refractivity contribution in [2.45, 2.75) is 0 Å². The number of aliphatic imine (C=N–C) groups is 1. The van der Waals surface area contributed by atoms with Gasteiger partial charge in [0.25, 0.3) is 0 Å². The Hall–Kier alpha value is -3.51. The molecule has 29 heavy (non-hydrogen) atoms. The highest BCUT2D eigenvalue weighted by atomic mass is 79.9. The first kappa shape index (κ1) is 17.6. The van der Waals surface area contributed by atoms with Gasteiger partial charge in [0.15, 0.2) is 5.58 Å². The fourth-order valence-electron chi connectivity index (χ4n) is 2.94. The number of hydrogen-bond donors (Lipinski definition) is 0. The highest BCUT2D eigenvalue weighted by Crippen LogP contribution is 2.27. The summed E-state index contributed by atoms with van der Waals surface area (Å²) in [6.45, 7) is 0. The summed E-state index contributed by atoms with van der Waals surface area (Å²) in [6.07, 6.45) is 5.13. The van der Waals surface area contributed by atoms with E-state index in [0.717, 1.165) is 32.6 Å². The number of hydrogen-bond acceptors (Lipinski definition) is 5. The van der Waals surface area contributed by atoms with Crippen molar-refractivity contribution >= 4 is 38.9 Å². The van der Waals surface area contributed by atoms with Crippen molar-refractivity contribution in [2.75, 3.05) is 0 Å². The number of furan rings is 1. The zero-order valence-corrected chi connectivity index (χ0v) is 16.7. The summed E-state index contributed by atoms with van der Waals surface area (Å²) in [5.74, 6) is 2.04. The second-order valence-corrected chi connectivity index (χ2v) is 7.29. The smallest absolute Gasteiger partial charge is 0.227 e. The van der Waals surface area contributed by atoms with Gasteiger partial charge in [0, 0.05) is 28.0 Å². The van der Waals surface area contributed by atoms with Crippen molar-refractivity contribution in [3.8, 4) is 22.8 Å². The van der Waals surface area contributed by atoms with Crippen LogP contribution in [0, 0.1) is 0 Å². The normalized spacial score (nSPS) is 11.5. The Morgan fingerprint density at radius 3 is 2.48 bits per heavy atom. The third kappa shape index (κ3) is 3.75. The van der Waals surface area contributed by atoms with Crippen molar-refractivity contribution in [3.63, 3.8) is 0 Å². The average Bonchev–Trinajstić information content (AvgIpc) is 3.40. The lowest BCUT2D eigenvalue weighted by Crippen LogP contribution is -1.77. The quantitative estimate of drug-likeness (QED) is 0.291. The molecule has 0 amide bonds. The molecule has 5 nitrogen and oxygen atoms in total. The van der Waals surface area contributed by atoms with Crippen molar-refractivity contribution in [3.05, 3.63) is 89.4 Å². The standard InChI is InChI=1S/C23H14BrN3O2/c24-17-3-1-15(2-4-17)21-8-6-19(28-21)14-26-18-5-7-22-20(13-18)27-23(29-22)16-9-11-25-12-10-16/h1-14H. The Labute approximate surface area is 174 Å². The van der Waals surface area contributed by atoms with Gasteiger partial charge in [-0.3, -0.25) is 9.98 Å². The molecular weight excluding hydrogens is 430 g/mol. The van der Waals surface area contributed by atoms with Crippen LogP contribution in [-0.4, -0.2) is 16.2 Å². The number of fused-ring (bicyclic) bond motifs is 1. The number of benzene rings is 2. The molecule has 6 heteroatoms. The summed E-state index contributed by atoms with van der Waals surface area (Å²) in [5.41, 5.74) is 4.14. The molecule has 3 aromatic heterocycles. The number of aromatic nitrogens is 2. The van der Waals surface area contributed by atoms with E-state index in [1.54, 1.807) is 18.6 Å². The van der Waals surface area contributed by atoms with E-state index in [0.29, 0.717) is 17.2 Å². The van der Waals surface area contributed by atoms with Gasteiger partial charge in [0.05, 0.1) is 11.9 Å². The second kappa shape index (κ2) is 7.48. The van der Waals surface area contributed by atoms with E-state index in [1.165, 1.54) is 0 Å². The zero-order chi connectivity index (χ0) is 19.6.